The predicted molar refractivity (Wildman–Crippen MR) is 46.0 cm³/mol. The summed E-state index contributed by atoms with van der Waals surface area (Å²) in [6.45, 7) is 2.27. The van der Waals surface area contributed by atoms with Crippen molar-refractivity contribution in [3.8, 4) is 0 Å². The quantitative estimate of drug-likeness (QED) is 0.531. The van der Waals surface area contributed by atoms with Crippen molar-refractivity contribution in [2.45, 2.75) is 32.2 Å². The fourth-order valence-corrected chi connectivity index (χ4v) is 1.25. The van der Waals surface area contributed by atoms with E-state index in [0.717, 1.165) is 5.92 Å². The third-order valence-electron chi connectivity index (χ3n) is 1.74. The van der Waals surface area contributed by atoms with Gasteiger partial charge in [0.1, 0.15) is 0 Å². The molecule has 3 N–H and O–H groups in total. The normalized spacial score (nSPS) is 31.2. The molecule has 1 aliphatic carbocycles. The Kier molecular flexibility index (Phi) is 5.64. The summed E-state index contributed by atoms with van der Waals surface area (Å²) in [7, 11) is 3.75. The minimum Gasteiger partial charge on any atom is -0.328 e. The predicted octanol–water partition coefficient (Wildman–Crippen LogP) is 0.969. The third kappa shape index (κ3) is 4.77. The Morgan fingerprint density at radius 1 is 1.30 bits per heavy atom. The molecule has 0 aromatic rings. The summed E-state index contributed by atoms with van der Waals surface area (Å²) >= 11 is 0. The van der Waals surface area contributed by atoms with Crippen LogP contribution in [0.25, 0.3) is 0 Å². The van der Waals surface area contributed by atoms with E-state index in [1.165, 1.54) is 19.3 Å². The molecular weight excluding hydrogens is 124 g/mol. The Bertz CT molecular complexity index is 65.7. The van der Waals surface area contributed by atoms with E-state index in [1.54, 1.807) is 0 Å². The van der Waals surface area contributed by atoms with Crippen LogP contribution in [0.5, 0.6) is 0 Å². The second kappa shape index (κ2) is 5.69. The van der Waals surface area contributed by atoms with Crippen LogP contribution in [-0.2, 0) is 0 Å². The zero-order chi connectivity index (χ0) is 7.98. The first kappa shape index (κ1) is 9.92. The molecule has 0 aliphatic heterocycles. The molecule has 0 amide bonds. The Morgan fingerprint density at radius 3 is 1.90 bits per heavy atom. The van der Waals surface area contributed by atoms with Crippen molar-refractivity contribution in [1.29, 1.82) is 0 Å². The van der Waals surface area contributed by atoms with Gasteiger partial charge in [0.2, 0.25) is 0 Å². The highest BCUT2D eigenvalue weighted by atomic mass is 14.7. The lowest BCUT2D eigenvalue weighted by atomic mass is 10.1. The molecule has 1 fully saturated rings. The maximum absolute atomic E-state index is 5.63. The number of rotatable bonds is 0. The summed E-state index contributed by atoms with van der Waals surface area (Å²) in [5, 5.41) is 2.75. The highest BCUT2D eigenvalue weighted by molar-refractivity contribution is 4.73. The van der Waals surface area contributed by atoms with Crippen molar-refractivity contribution in [3.05, 3.63) is 0 Å². The van der Waals surface area contributed by atoms with Gasteiger partial charge in [0.15, 0.2) is 0 Å². The van der Waals surface area contributed by atoms with Crippen LogP contribution in [-0.4, -0.2) is 20.1 Å². The van der Waals surface area contributed by atoms with E-state index in [2.05, 4.69) is 12.2 Å². The molecule has 0 bridgehead atoms. The summed E-state index contributed by atoms with van der Waals surface area (Å²) in [5.74, 6) is 0.898. The van der Waals surface area contributed by atoms with Gasteiger partial charge in [-0.05, 0) is 39.3 Å². The van der Waals surface area contributed by atoms with Gasteiger partial charge in [-0.25, -0.2) is 0 Å². The molecule has 1 aliphatic rings. The molecule has 2 atom stereocenters. The molecule has 0 spiro atoms. The van der Waals surface area contributed by atoms with Gasteiger partial charge in [-0.15, -0.1) is 0 Å². The second-order valence-corrected chi connectivity index (χ2v) is 3.18. The van der Waals surface area contributed by atoms with Crippen LogP contribution in [0.3, 0.4) is 0 Å². The molecule has 2 nitrogen and oxygen atoms in total. The van der Waals surface area contributed by atoms with E-state index in [1.807, 2.05) is 14.1 Å². The SMILES string of the molecule is CC1CCC(N)C1.CNC. The minimum atomic E-state index is 0.523. The van der Waals surface area contributed by atoms with Gasteiger partial charge in [0, 0.05) is 6.04 Å². The van der Waals surface area contributed by atoms with Gasteiger partial charge >= 0.3 is 0 Å². The van der Waals surface area contributed by atoms with E-state index in [0.29, 0.717) is 6.04 Å². The van der Waals surface area contributed by atoms with Crippen LogP contribution in [0.1, 0.15) is 26.2 Å². The zero-order valence-corrected chi connectivity index (χ0v) is 7.35. The first-order chi connectivity index (χ1) is 4.70. The van der Waals surface area contributed by atoms with Crippen molar-refractivity contribution in [3.63, 3.8) is 0 Å². The highest BCUT2D eigenvalue weighted by Gasteiger charge is 2.16. The van der Waals surface area contributed by atoms with E-state index in [-0.39, 0.29) is 0 Å². The molecule has 2 heteroatoms. The molecule has 0 radical (unpaired) electrons. The first-order valence-corrected chi connectivity index (χ1v) is 4.04. The van der Waals surface area contributed by atoms with Gasteiger partial charge in [-0.3, -0.25) is 0 Å². The lowest BCUT2D eigenvalue weighted by Crippen LogP contribution is -2.14. The summed E-state index contributed by atoms with van der Waals surface area (Å²) in [6.07, 6.45) is 3.85. The molecule has 62 valence electrons. The van der Waals surface area contributed by atoms with Crippen LogP contribution < -0.4 is 11.1 Å². The molecule has 0 saturated heterocycles. The van der Waals surface area contributed by atoms with Crippen molar-refractivity contribution in [2.24, 2.45) is 11.7 Å². The van der Waals surface area contributed by atoms with Gasteiger partial charge in [-0.1, -0.05) is 6.92 Å². The number of nitrogens with two attached hydrogens (primary N) is 1. The topological polar surface area (TPSA) is 38.0 Å². The highest BCUT2D eigenvalue weighted by Crippen LogP contribution is 2.22. The van der Waals surface area contributed by atoms with Crippen LogP contribution in [0.4, 0.5) is 0 Å². The molecule has 0 aromatic carbocycles. The number of hydrogen-bond donors (Lipinski definition) is 2. The van der Waals surface area contributed by atoms with Crippen LogP contribution in [0.2, 0.25) is 0 Å². The van der Waals surface area contributed by atoms with Crippen LogP contribution in [0, 0.1) is 5.92 Å². The Morgan fingerprint density at radius 2 is 1.80 bits per heavy atom. The zero-order valence-electron chi connectivity index (χ0n) is 7.35. The van der Waals surface area contributed by atoms with E-state index < -0.39 is 0 Å². The molecule has 1 saturated carbocycles. The molecule has 2 unspecified atom stereocenters. The summed E-state index contributed by atoms with van der Waals surface area (Å²) in [6, 6.07) is 0.523. The first-order valence-electron chi connectivity index (χ1n) is 4.04. The molecule has 0 heterocycles. The molecular formula is C8H20N2. The lowest BCUT2D eigenvalue weighted by Gasteiger charge is -1.97. The average Bonchev–Trinajstić information content (AvgIpc) is 2.17. The summed E-state index contributed by atoms with van der Waals surface area (Å²) in [5.41, 5.74) is 5.63. The van der Waals surface area contributed by atoms with Gasteiger partial charge < -0.3 is 11.1 Å². The maximum Gasteiger partial charge on any atom is 0.00414 e. The average molecular weight is 144 g/mol. The molecule has 10 heavy (non-hydrogen) atoms. The largest absolute Gasteiger partial charge is 0.328 e. The molecule has 0 aromatic heterocycles. The third-order valence-corrected chi connectivity index (χ3v) is 1.74. The van der Waals surface area contributed by atoms with Crippen molar-refractivity contribution in [1.82, 2.24) is 5.32 Å². The monoisotopic (exact) mass is 144 g/mol. The Hall–Kier alpha value is -0.0800. The van der Waals surface area contributed by atoms with Gasteiger partial charge in [0.05, 0.1) is 0 Å². The smallest absolute Gasteiger partial charge is 0.00414 e. The lowest BCUT2D eigenvalue weighted by molar-refractivity contribution is 0.594. The number of nitrogens with one attached hydrogen (secondary N) is 1. The minimum absolute atomic E-state index is 0.523. The fraction of sp³-hybridized carbons (Fsp3) is 1.00. The second-order valence-electron chi connectivity index (χ2n) is 3.18. The van der Waals surface area contributed by atoms with Crippen LogP contribution in [0.15, 0.2) is 0 Å². The summed E-state index contributed by atoms with van der Waals surface area (Å²) in [4.78, 5) is 0. The van der Waals surface area contributed by atoms with Crippen LogP contribution >= 0.6 is 0 Å². The molecule has 1 rings (SSSR count). The fourth-order valence-electron chi connectivity index (χ4n) is 1.25. The summed E-state index contributed by atoms with van der Waals surface area (Å²) < 4.78 is 0. The van der Waals surface area contributed by atoms with Gasteiger partial charge in [-0.2, -0.15) is 0 Å². The van der Waals surface area contributed by atoms with E-state index >= 15 is 0 Å². The van der Waals surface area contributed by atoms with Crippen molar-refractivity contribution >= 4 is 0 Å². The number of hydrogen-bond acceptors (Lipinski definition) is 2. The van der Waals surface area contributed by atoms with Crippen molar-refractivity contribution in [2.75, 3.05) is 14.1 Å². The van der Waals surface area contributed by atoms with Crippen molar-refractivity contribution < 1.29 is 0 Å². The Balaban J connectivity index is 0.000000236. The maximum atomic E-state index is 5.63. The van der Waals surface area contributed by atoms with E-state index in [9.17, 15) is 0 Å². The standard InChI is InChI=1S/C6H13N.C2H7N/c1-5-2-3-6(7)4-5;1-3-2/h5-6H,2-4,7H2,1H3;3H,1-2H3. The Labute approximate surface area is 64.2 Å². The van der Waals surface area contributed by atoms with Gasteiger partial charge in [0.25, 0.3) is 0 Å². The van der Waals surface area contributed by atoms with E-state index in [4.69, 9.17) is 5.73 Å².